The zero-order valence-corrected chi connectivity index (χ0v) is 38.0. The van der Waals surface area contributed by atoms with E-state index in [2.05, 4.69) is 268 Å². The minimum Gasteiger partial charge on any atom is -0.310 e. The van der Waals surface area contributed by atoms with Gasteiger partial charge in [-0.25, -0.2) is 0 Å². The fourth-order valence-corrected chi connectivity index (χ4v) is 12.6. The fourth-order valence-electron chi connectivity index (χ4n) is 12.6. The Balaban J connectivity index is 1.08. The highest BCUT2D eigenvalue weighted by molar-refractivity contribution is 6.00. The molecule has 10 aromatic rings. The van der Waals surface area contributed by atoms with E-state index in [1.807, 2.05) is 0 Å². The molecule has 0 aromatic heterocycles. The molecule has 1 unspecified atom stereocenters. The van der Waals surface area contributed by atoms with Gasteiger partial charge in [-0.15, -0.1) is 0 Å². The second-order valence-electron chi connectivity index (χ2n) is 19.3. The third-order valence-corrected chi connectivity index (χ3v) is 15.6. The van der Waals surface area contributed by atoms with Gasteiger partial charge in [0, 0.05) is 27.8 Å². The van der Waals surface area contributed by atoms with Crippen LogP contribution in [0.15, 0.2) is 243 Å². The highest BCUT2D eigenvalue weighted by atomic mass is 15.1. The maximum Gasteiger partial charge on any atom is 0.0713 e. The van der Waals surface area contributed by atoms with Crippen LogP contribution in [0.1, 0.15) is 70.8 Å². The molecule has 0 N–H and O–H groups in total. The first-order chi connectivity index (χ1) is 32.9. The predicted molar refractivity (Wildman–Crippen MR) is 279 cm³/mol. The van der Waals surface area contributed by atoms with Gasteiger partial charge in [0.2, 0.25) is 0 Å². The van der Waals surface area contributed by atoms with Crippen molar-refractivity contribution in [2.75, 3.05) is 4.90 Å². The monoisotopic (exact) mass is 855 g/mol. The van der Waals surface area contributed by atoms with Crippen molar-refractivity contribution in [3.05, 3.63) is 293 Å². The molecule has 0 amide bonds. The number of para-hydroxylation sites is 1. The molecule has 0 heterocycles. The first-order valence-electron chi connectivity index (χ1n) is 23.7. The third kappa shape index (κ3) is 5.49. The molecule has 3 aliphatic rings. The Morgan fingerprint density at radius 2 is 0.716 bits per heavy atom. The summed E-state index contributed by atoms with van der Waals surface area (Å²) >= 11 is 0. The molecule has 3 aliphatic carbocycles. The van der Waals surface area contributed by atoms with E-state index in [9.17, 15) is 0 Å². The molecule has 1 nitrogen and oxygen atoms in total. The van der Waals surface area contributed by atoms with Crippen molar-refractivity contribution < 1.29 is 0 Å². The summed E-state index contributed by atoms with van der Waals surface area (Å²) in [7, 11) is 0. The lowest BCUT2D eigenvalue weighted by atomic mass is 9.67. The first-order valence-corrected chi connectivity index (χ1v) is 23.7. The van der Waals surface area contributed by atoms with Crippen LogP contribution in [-0.4, -0.2) is 0 Å². The first kappa shape index (κ1) is 39.4. The average molecular weight is 856 g/mol. The molecule has 0 radical (unpaired) electrons. The van der Waals surface area contributed by atoms with Crippen LogP contribution in [0.4, 0.5) is 17.1 Å². The van der Waals surface area contributed by atoms with Crippen molar-refractivity contribution in [3.63, 3.8) is 0 Å². The molecule has 1 heteroatoms. The highest BCUT2D eigenvalue weighted by Gasteiger charge is 2.47. The Kier molecular flexibility index (Phi) is 8.67. The minimum atomic E-state index is -0.503. The highest BCUT2D eigenvalue weighted by Crippen LogP contribution is 2.60. The van der Waals surface area contributed by atoms with Crippen LogP contribution in [0.25, 0.3) is 44.5 Å². The quantitative estimate of drug-likeness (QED) is 0.154. The molecule has 0 spiro atoms. The molecule has 0 saturated carbocycles. The molecule has 0 bridgehead atoms. The standard InChI is InChI=1S/C66H49N/c1-64(2)56-33-17-13-28-49(56)51-40-38-47(42-60(51)64)67(48-39-41-52-50-29-14-18-34-57(50)65(3,61(52)43-48)44-22-7-4-8-23-44)62-37-20-16-30-53(62)54-32-21-36-59-63(54)55-31-15-19-35-58(55)66(59,45-24-9-5-10-25-45)46-26-11-6-12-27-46/h4-43H,1-3H3. The Morgan fingerprint density at radius 1 is 0.284 bits per heavy atom. The van der Waals surface area contributed by atoms with Crippen molar-refractivity contribution in [1.82, 2.24) is 0 Å². The SMILES string of the molecule is CC1(C)c2ccccc2-c2ccc(N(c3ccc4c(c3)C(C)(c3ccccc3)c3ccccc3-4)c3ccccc3-c3cccc4c3-c3ccccc3C4(c3ccccc3)c3ccccc3)cc21. The molecule has 0 fully saturated rings. The maximum atomic E-state index is 2.55. The van der Waals surface area contributed by atoms with Crippen molar-refractivity contribution in [2.24, 2.45) is 0 Å². The molecule has 13 rings (SSSR count). The number of hydrogen-bond donors (Lipinski definition) is 0. The van der Waals surface area contributed by atoms with Gasteiger partial charge in [0.15, 0.2) is 0 Å². The van der Waals surface area contributed by atoms with Crippen LogP contribution in [-0.2, 0) is 16.2 Å². The summed E-state index contributed by atoms with van der Waals surface area (Å²) in [4.78, 5) is 2.55. The molecule has 318 valence electrons. The van der Waals surface area contributed by atoms with Crippen molar-refractivity contribution >= 4 is 17.1 Å². The van der Waals surface area contributed by atoms with Gasteiger partial charge in [-0.1, -0.05) is 226 Å². The van der Waals surface area contributed by atoms with Crippen LogP contribution >= 0.6 is 0 Å². The van der Waals surface area contributed by atoms with Crippen LogP contribution < -0.4 is 4.90 Å². The number of nitrogens with zero attached hydrogens (tertiary/aromatic N) is 1. The predicted octanol–water partition coefficient (Wildman–Crippen LogP) is 16.8. The lowest BCUT2D eigenvalue weighted by molar-refractivity contribution is 0.660. The molecular formula is C66H49N. The van der Waals surface area contributed by atoms with Crippen LogP contribution in [0, 0.1) is 0 Å². The van der Waals surface area contributed by atoms with Crippen LogP contribution in [0.2, 0.25) is 0 Å². The number of benzene rings is 10. The summed E-state index contributed by atoms with van der Waals surface area (Å²) in [5, 5.41) is 0. The second-order valence-corrected chi connectivity index (χ2v) is 19.3. The minimum absolute atomic E-state index is 0.166. The summed E-state index contributed by atoms with van der Waals surface area (Å²) in [6.07, 6.45) is 0. The van der Waals surface area contributed by atoms with Gasteiger partial charge in [0.1, 0.15) is 0 Å². The van der Waals surface area contributed by atoms with Crippen molar-refractivity contribution in [1.29, 1.82) is 0 Å². The Hall–Kier alpha value is -8.00. The number of hydrogen-bond acceptors (Lipinski definition) is 1. The van der Waals surface area contributed by atoms with Gasteiger partial charge in [-0.05, 0) is 126 Å². The van der Waals surface area contributed by atoms with E-state index in [1.54, 1.807) is 0 Å². The van der Waals surface area contributed by atoms with E-state index in [0.29, 0.717) is 0 Å². The van der Waals surface area contributed by atoms with Crippen LogP contribution in [0.5, 0.6) is 0 Å². The van der Waals surface area contributed by atoms with Crippen molar-refractivity contribution in [2.45, 2.75) is 37.0 Å². The normalized spacial score (nSPS) is 16.3. The Labute approximate surface area is 394 Å². The second kappa shape index (κ2) is 14.8. The summed E-state index contributed by atoms with van der Waals surface area (Å²) in [5.74, 6) is 0. The van der Waals surface area contributed by atoms with E-state index in [4.69, 9.17) is 0 Å². The zero-order chi connectivity index (χ0) is 44.9. The smallest absolute Gasteiger partial charge is 0.0713 e. The molecule has 10 aromatic carbocycles. The van der Waals surface area contributed by atoms with Gasteiger partial charge in [-0.3, -0.25) is 0 Å². The van der Waals surface area contributed by atoms with Gasteiger partial charge >= 0.3 is 0 Å². The van der Waals surface area contributed by atoms with Crippen molar-refractivity contribution in [3.8, 4) is 44.5 Å². The topological polar surface area (TPSA) is 3.24 Å². The fraction of sp³-hybridized carbons (Fsp3) is 0.0909. The van der Waals surface area contributed by atoms with Gasteiger partial charge in [0.25, 0.3) is 0 Å². The number of fused-ring (bicyclic) bond motifs is 9. The van der Waals surface area contributed by atoms with Gasteiger partial charge < -0.3 is 4.90 Å². The van der Waals surface area contributed by atoms with Gasteiger partial charge in [-0.2, -0.15) is 0 Å². The summed E-state index contributed by atoms with van der Waals surface area (Å²) in [6, 6.07) is 91.0. The molecular weight excluding hydrogens is 807 g/mol. The summed E-state index contributed by atoms with van der Waals surface area (Å²) < 4.78 is 0. The van der Waals surface area contributed by atoms with E-state index >= 15 is 0 Å². The molecule has 1 atom stereocenters. The lowest BCUT2D eigenvalue weighted by Crippen LogP contribution is -2.28. The van der Waals surface area contributed by atoms with E-state index in [0.717, 1.165) is 17.1 Å². The van der Waals surface area contributed by atoms with E-state index in [-0.39, 0.29) is 10.8 Å². The number of rotatable bonds is 7. The summed E-state index contributed by atoms with van der Waals surface area (Å²) in [5.41, 5.74) is 24.4. The maximum absolute atomic E-state index is 2.55. The zero-order valence-electron chi connectivity index (χ0n) is 38.0. The Bertz CT molecular complexity index is 3530. The molecule has 0 aliphatic heterocycles. The van der Waals surface area contributed by atoms with Gasteiger partial charge in [0.05, 0.1) is 11.1 Å². The molecule has 67 heavy (non-hydrogen) atoms. The van der Waals surface area contributed by atoms with Crippen LogP contribution in [0.3, 0.4) is 0 Å². The third-order valence-electron chi connectivity index (χ3n) is 15.6. The molecule has 0 saturated heterocycles. The average Bonchev–Trinajstić information content (AvgIpc) is 3.93. The van der Waals surface area contributed by atoms with E-state index in [1.165, 1.54) is 94.6 Å². The summed E-state index contributed by atoms with van der Waals surface area (Å²) in [6.45, 7) is 7.18. The lowest BCUT2D eigenvalue weighted by Gasteiger charge is -2.34. The largest absolute Gasteiger partial charge is 0.310 e. The Morgan fingerprint density at radius 3 is 1.36 bits per heavy atom. The van der Waals surface area contributed by atoms with E-state index < -0.39 is 5.41 Å². The number of anilines is 3.